The summed E-state index contributed by atoms with van der Waals surface area (Å²) < 4.78 is 0. The smallest absolute Gasteiger partial charge is 0.135 e. The Bertz CT molecular complexity index is 456. The summed E-state index contributed by atoms with van der Waals surface area (Å²) in [6, 6.07) is 2.57. The Labute approximate surface area is 129 Å². The van der Waals surface area contributed by atoms with Crippen molar-refractivity contribution in [1.29, 1.82) is 0 Å². The van der Waals surface area contributed by atoms with Gasteiger partial charge in [-0.1, -0.05) is 40.5 Å². The third kappa shape index (κ3) is 4.08. The van der Waals surface area contributed by atoms with Gasteiger partial charge in [-0.05, 0) is 24.7 Å². The highest BCUT2D eigenvalue weighted by Gasteiger charge is 2.27. The summed E-state index contributed by atoms with van der Waals surface area (Å²) >= 11 is 0. The largest absolute Gasteiger partial charge is 0.373 e. The van der Waals surface area contributed by atoms with E-state index in [-0.39, 0.29) is 0 Å². The van der Waals surface area contributed by atoms with E-state index in [1.54, 1.807) is 0 Å². The molecule has 4 heteroatoms. The molecule has 0 saturated heterocycles. The molecule has 2 unspecified atom stereocenters. The number of rotatable bonds is 5. The fraction of sp³-hybridized carbons (Fsp3) is 0.765. The molecule has 2 rings (SSSR count). The van der Waals surface area contributed by atoms with Crippen molar-refractivity contribution in [1.82, 2.24) is 9.97 Å². The minimum Gasteiger partial charge on any atom is -0.373 e. The van der Waals surface area contributed by atoms with Crippen molar-refractivity contribution in [2.45, 2.75) is 65.3 Å². The Balaban J connectivity index is 2.19. The van der Waals surface area contributed by atoms with Gasteiger partial charge in [-0.3, -0.25) is 0 Å². The topological polar surface area (TPSA) is 49.8 Å². The molecule has 0 bridgehead atoms. The van der Waals surface area contributed by atoms with E-state index in [0.29, 0.717) is 12.0 Å². The molecule has 0 spiro atoms. The van der Waals surface area contributed by atoms with Gasteiger partial charge in [-0.15, -0.1) is 0 Å². The Morgan fingerprint density at radius 1 is 1.05 bits per heavy atom. The van der Waals surface area contributed by atoms with Gasteiger partial charge in [0.05, 0.1) is 0 Å². The van der Waals surface area contributed by atoms with E-state index >= 15 is 0 Å². The van der Waals surface area contributed by atoms with Gasteiger partial charge in [0.25, 0.3) is 0 Å². The second kappa shape index (κ2) is 7.10. The van der Waals surface area contributed by atoms with Gasteiger partial charge >= 0.3 is 0 Å². The van der Waals surface area contributed by atoms with Crippen LogP contribution in [0.3, 0.4) is 0 Å². The molecule has 1 aliphatic carbocycles. The zero-order valence-electron chi connectivity index (χ0n) is 14.1. The number of hydrogen-bond acceptors (Lipinski definition) is 4. The summed E-state index contributed by atoms with van der Waals surface area (Å²) in [6.45, 7) is 8.94. The summed E-state index contributed by atoms with van der Waals surface area (Å²) in [5, 5.41) is 6.83. The highest BCUT2D eigenvalue weighted by atomic mass is 15.1. The third-order valence-electron chi connectivity index (χ3n) is 4.52. The SMILES string of the molecule is CNc1cc(NC2CCCCC2C(C)C)nc(C(C)C)n1. The van der Waals surface area contributed by atoms with Crippen LogP contribution >= 0.6 is 0 Å². The van der Waals surface area contributed by atoms with Crippen LogP contribution in [0.5, 0.6) is 0 Å². The van der Waals surface area contributed by atoms with Gasteiger partial charge in [0.1, 0.15) is 17.5 Å². The Morgan fingerprint density at radius 2 is 1.71 bits per heavy atom. The second-order valence-corrected chi connectivity index (χ2v) is 6.84. The maximum absolute atomic E-state index is 4.71. The van der Waals surface area contributed by atoms with Crippen LogP contribution in [0, 0.1) is 11.8 Å². The molecule has 0 radical (unpaired) electrons. The predicted molar refractivity (Wildman–Crippen MR) is 89.9 cm³/mol. The van der Waals surface area contributed by atoms with Gasteiger partial charge in [0.2, 0.25) is 0 Å². The quantitative estimate of drug-likeness (QED) is 0.850. The number of nitrogens with zero attached hydrogens (tertiary/aromatic N) is 2. The zero-order chi connectivity index (χ0) is 15.4. The molecule has 1 aromatic heterocycles. The first kappa shape index (κ1) is 16.1. The van der Waals surface area contributed by atoms with E-state index in [4.69, 9.17) is 4.98 Å². The number of hydrogen-bond donors (Lipinski definition) is 2. The fourth-order valence-corrected chi connectivity index (χ4v) is 3.25. The van der Waals surface area contributed by atoms with Crippen molar-refractivity contribution >= 4 is 11.6 Å². The Kier molecular flexibility index (Phi) is 5.43. The van der Waals surface area contributed by atoms with Gasteiger partial charge in [0, 0.05) is 25.1 Å². The molecular weight excluding hydrogens is 260 g/mol. The summed E-state index contributed by atoms with van der Waals surface area (Å²) in [7, 11) is 1.91. The van der Waals surface area contributed by atoms with Crippen molar-refractivity contribution in [2.75, 3.05) is 17.7 Å². The molecule has 2 N–H and O–H groups in total. The highest BCUT2D eigenvalue weighted by molar-refractivity contribution is 5.48. The minimum absolute atomic E-state index is 0.339. The predicted octanol–water partition coefficient (Wildman–Crippen LogP) is 4.27. The van der Waals surface area contributed by atoms with Gasteiger partial charge < -0.3 is 10.6 Å². The zero-order valence-corrected chi connectivity index (χ0v) is 14.1. The maximum Gasteiger partial charge on any atom is 0.135 e. The molecule has 1 fully saturated rings. The molecule has 1 heterocycles. The van der Waals surface area contributed by atoms with E-state index in [1.807, 2.05) is 13.1 Å². The third-order valence-corrected chi connectivity index (χ3v) is 4.52. The van der Waals surface area contributed by atoms with E-state index < -0.39 is 0 Å². The van der Waals surface area contributed by atoms with Crippen molar-refractivity contribution in [3.63, 3.8) is 0 Å². The van der Waals surface area contributed by atoms with E-state index in [9.17, 15) is 0 Å². The van der Waals surface area contributed by atoms with Gasteiger partial charge in [-0.2, -0.15) is 0 Å². The molecule has 21 heavy (non-hydrogen) atoms. The van der Waals surface area contributed by atoms with E-state index in [2.05, 4.69) is 43.3 Å². The minimum atomic E-state index is 0.339. The van der Waals surface area contributed by atoms with Crippen LogP contribution in [-0.4, -0.2) is 23.1 Å². The van der Waals surface area contributed by atoms with Crippen LogP contribution in [0.1, 0.15) is 65.1 Å². The molecule has 2 atom stereocenters. The lowest BCUT2D eigenvalue weighted by molar-refractivity contribution is 0.253. The molecule has 0 aliphatic heterocycles. The monoisotopic (exact) mass is 290 g/mol. The molecule has 1 saturated carbocycles. The van der Waals surface area contributed by atoms with Gasteiger partial charge in [-0.25, -0.2) is 9.97 Å². The highest BCUT2D eigenvalue weighted by Crippen LogP contribution is 2.32. The average molecular weight is 290 g/mol. The molecule has 1 aliphatic rings. The van der Waals surface area contributed by atoms with E-state index in [0.717, 1.165) is 29.3 Å². The normalized spacial score (nSPS) is 22.6. The molecular formula is C17H30N4. The summed E-state index contributed by atoms with van der Waals surface area (Å²) in [5.74, 6) is 4.57. The van der Waals surface area contributed by atoms with Gasteiger partial charge in [0.15, 0.2) is 0 Å². The summed E-state index contributed by atoms with van der Waals surface area (Å²) in [4.78, 5) is 9.24. The first-order chi connectivity index (χ1) is 10.0. The molecule has 4 nitrogen and oxygen atoms in total. The number of anilines is 2. The van der Waals surface area contributed by atoms with Crippen molar-refractivity contribution in [3.05, 3.63) is 11.9 Å². The Hall–Kier alpha value is -1.32. The van der Waals surface area contributed by atoms with Crippen LogP contribution < -0.4 is 10.6 Å². The van der Waals surface area contributed by atoms with Crippen LogP contribution in [0.15, 0.2) is 6.07 Å². The van der Waals surface area contributed by atoms with E-state index in [1.165, 1.54) is 25.7 Å². The first-order valence-corrected chi connectivity index (χ1v) is 8.34. The first-order valence-electron chi connectivity index (χ1n) is 8.34. The molecule has 0 aromatic carbocycles. The lowest BCUT2D eigenvalue weighted by Gasteiger charge is -2.35. The van der Waals surface area contributed by atoms with Crippen LogP contribution in [0.25, 0.3) is 0 Å². The van der Waals surface area contributed by atoms with Crippen LogP contribution in [0.4, 0.5) is 11.6 Å². The van der Waals surface area contributed by atoms with Crippen molar-refractivity contribution in [3.8, 4) is 0 Å². The summed E-state index contributed by atoms with van der Waals surface area (Å²) in [6.07, 6.45) is 5.26. The lowest BCUT2D eigenvalue weighted by atomic mass is 9.78. The van der Waals surface area contributed by atoms with Crippen molar-refractivity contribution < 1.29 is 0 Å². The average Bonchev–Trinajstić information content (AvgIpc) is 2.47. The summed E-state index contributed by atoms with van der Waals surface area (Å²) in [5.41, 5.74) is 0. The number of aromatic nitrogens is 2. The molecule has 118 valence electrons. The number of nitrogens with one attached hydrogen (secondary N) is 2. The standard InChI is InChI=1S/C17H30N4/c1-11(2)13-8-6-7-9-14(13)19-16-10-15(18-5)20-17(21-16)12(3)4/h10-14H,6-9H2,1-5H3,(H2,18,19,20,21). The van der Waals surface area contributed by atoms with Crippen molar-refractivity contribution in [2.24, 2.45) is 11.8 Å². The maximum atomic E-state index is 4.71. The lowest BCUT2D eigenvalue weighted by Crippen LogP contribution is -2.35. The van der Waals surface area contributed by atoms with Crippen LogP contribution in [-0.2, 0) is 0 Å². The Morgan fingerprint density at radius 3 is 2.33 bits per heavy atom. The fourth-order valence-electron chi connectivity index (χ4n) is 3.25. The second-order valence-electron chi connectivity index (χ2n) is 6.84. The molecule has 0 amide bonds. The molecule has 1 aromatic rings. The van der Waals surface area contributed by atoms with Crippen LogP contribution in [0.2, 0.25) is 0 Å².